The molecule has 0 amide bonds. The Bertz CT molecular complexity index is 489. The Morgan fingerprint density at radius 1 is 1.38 bits per heavy atom. The molecule has 0 spiro atoms. The molecule has 2 rings (SSSR count). The molecule has 2 aromatic heterocycles. The van der Waals surface area contributed by atoms with E-state index in [4.69, 9.17) is 9.15 Å². The second-order valence-corrected chi connectivity index (χ2v) is 2.49. The molecule has 0 atom stereocenters. The van der Waals surface area contributed by atoms with E-state index in [1.807, 2.05) is 0 Å². The zero-order chi connectivity index (χ0) is 9.26. The minimum absolute atomic E-state index is 0.298. The third-order valence-electron chi connectivity index (χ3n) is 1.72. The number of methoxy groups -OCH3 is 1. The largest absolute Gasteiger partial charge is 0.496 e. The van der Waals surface area contributed by atoms with Crippen LogP contribution < -0.4 is 10.4 Å². The first kappa shape index (κ1) is 7.79. The van der Waals surface area contributed by atoms with Crippen LogP contribution in [0.4, 0.5) is 0 Å². The first-order valence-electron chi connectivity index (χ1n) is 3.74. The van der Waals surface area contributed by atoms with E-state index >= 15 is 0 Å². The number of aromatic nitrogens is 1. The van der Waals surface area contributed by atoms with E-state index in [0.29, 0.717) is 16.8 Å². The van der Waals surface area contributed by atoms with Gasteiger partial charge in [-0.3, -0.25) is 0 Å². The first-order valence-corrected chi connectivity index (χ1v) is 3.74. The van der Waals surface area contributed by atoms with Crippen molar-refractivity contribution in [3.8, 4) is 5.75 Å². The van der Waals surface area contributed by atoms with Gasteiger partial charge in [0.05, 0.1) is 12.5 Å². The molecule has 0 N–H and O–H groups in total. The smallest absolute Gasteiger partial charge is 0.337 e. The lowest BCUT2D eigenvalue weighted by Crippen LogP contribution is -1.96. The van der Waals surface area contributed by atoms with Crippen molar-refractivity contribution in [1.82, 2.24) is 4.98 Å². The zero-order valence-electron chi connectivity index (χ0n) is 6.98. The quantitative estimate of drug-likeness (QED) is 0.656. The molecule has 0 aliphatic carbocycles. The maximum atomic E-state index is 10.8. The van der Waals surface area contributed by atoms with Gasteiger partial charge in [0, 0.05) is 12.3 Å². The van der Waals surface area contributed by atoms with Gasteiger partial charge >= 0.3 is 5.63 Å². The first-order chi connectivity index (χ1) is 6.31. The molecule has 4 heteroatoms. The maximum Gasteiger partial charge on any atom is 0.337 e. The molecule has 0 saturated heterocycles. The van der Waals surface area contributed by atoms with Crippen LogP contribution in [0.15, 0.2) is 33.6 Å². The van der Waals surface area contributed by atoms with Gasteiger partial charge in [0.2, 0.25) is 5.71 Å². The summed E-state index contributed by atoms with van der Waals surface area (Å²) in [7, 11) is 1.56. The predicted octanol–water partition coefficient (Wildman–Crippen LogP) is 1.20. The van der Waals surface area contributed by atoms with Crippen molar-refractivity contribution in [2.24, 2.45) is 0 Å². The molecular weight excluding hydrogens is 170 g/mol. The number of hydrogen-bond acceptors (Lipinski definition) is 4. The van der Waals surface area contributed by atoms with Crippen LogP contribution >= 0.6 is 0 Å². The van der Waals surface area contributed by atoms with Gasteiger partial charge < -0.3 is 9.15 Å². The minimum Gasteiger partial charge on any atom is -0.496 e. The Hall–Kier alpha value is -1.84. The third kappa shape index (κ3) is 1.26. The van der Waals surface area contributed by atoms with Crippen LogP contribution in [0.2, 0.25) is 0 Å². The molecule has 0 aliphatic heterocycles. The highest BCUT2D eigenvalue weighted by molar-refractivity contribution is 5.79. The topological polar surface area (TPSA) is 52.3 Å². The highest BCUT2D eigenvalue weighted by atomic mass is 16.5. The van der Waals surface area contributed by atoms with E-state index in [1.54, 1.807) is 19.2 Å². The van der Waals surface area contributed by atoms with Crippen LogP contribution in [0.1, 0.15) is 0 Å². The molecule has 0 bridgehead atoms. The van der Waals surface area contributed by atoms with Gasteiger partial charge in [-0.2, -0.15) is 0 Å². The summed E-state index contributed by atoms with van der Waals surface area (Å²) < 4.78 is 9.92. The lowest BCUT2D eigenvalue weighted by atomic mass is 10.3. The Morgan fingerprint density at radius 3 is 3.00 bits per heavy atom. The second-order valence-electron chi connectivity index (χ2n) is 2.49. The summed E-state index contributed by atoms with van der Waals surface area (Å²) in [6.07, 6.45) is 1.53. The lowest BCUT2D eigenvalue weighted by molar-refractivity contribution is 0.418. The van der Waals surface area contributed by atoms with Gasteiger partial charge in [-0.15, -0.1) is 0 Å². The maximum absolute atomic E-state index is 10.8. The minimum atomic E-state index is -0.409. The number of nitrogens with zero attached hydrogens (tertiary/aromatic N) is 1. The fourth-order valence-corrected chi connectivity index (χ4v) is 1.13. The molecule has 0 unspecified atom stereocenters. The van der Waals surface area contributed by atoms with Gasteiger partial charge in [0.25, 0.3) is 0 Å². The van der Waals surface area contributed by atoms with Crippen LogP contribution in [0.5, 0.6) is 5.75 Å². The number of ether oxygens (including phenoxy) is 1. The SMILES string of the molecule is COc1ccnc2oc(=O)ccc12. The summed E-state index contributed by atoms with van der Waals surface area (Å²) in [5.41, 5.74) is -0.111. The van der Waals surface area contributed by atoms with E-state index in [2.05, 4.69) is 4.98 Å². The normalized spacial score (nSPS) is 10.2. The Morgan fingerprint density at radius 2 is 2.23 bits per heavy atom. The van der Waals surface area contributed by atoms with Crippen molar-refractivity contribution in [3.63, 3.8) is 0 Å². The fourth-order valence-electron chi connectivity index (χ4n) is 1.13. The number of pyridine rings is 1. The molecule has 66 valence electrons. The Balaban J connectivity index is 2.85. The molecule has 13 heavy (non-hydrogen) atoms. The van der Waals surface area contributed by atoms with E-state index in [0.717, 1.165) is 0 Å². The van der Waals surface area contributed by atoms with Crippen molar-refractivity contribution in [3.05, 3.63) is 34.8 Å². The van der Waals surface area contributed by atoms with Crippen molar-refractivity contribution < 1.29 is 9.15 Å². The van der Waals surface area contributed by atoms with Crippen LogP contribution in [0, 0.1) is 0 Å². The molecule has 0 saturated carbocycles. The summed E-state index contributed by atoms with van der Waals surface area (Å²) in [6, 6.07) is 4.68. The molecule has 0 fully saturated rings. The standard InChI is InChI=1S/C9H7NO3/c1-12-7-4-5-10-9-6(7)2-3-8(11)13-9/h2-5H,1H3. The molecule has 0 aliphatic rings. The van der Waals surface area contributed by atoms with E-state index in [-0.39, 0.29) is 0 Å². The number of fused-ring (bicyclic) bond motifs is 1. The molecule has 0 radical (unpaired) electrons. The number of hydrogen-bond donors (Lipinski definition) is 0. The van der Waals surface area contributed by atoms with Crippen molar-refractivity contribution in [2.45, 2.75) is 0 Å². The van der Waals surface area contributed by atoms with Crippen molar-refractivity contribution >= 4 is 11.1 Å². The average molecular weight is 177 g/mol. The van der Waals surface area contributed by atoms with Crippen LogP contribution in [-0.2, 0) is 0 Å². The zero-order valence-corrected chi connectivity index (χ0v) is 6.98. The molecule has 2 heterocycles. The van der Waals surface area contributed by atoms with Gasteiger partial charge in [0.1, 0.15) is 5.75 Å². The molecular formula is C9H7NO3. The van der Waals surface area contributed by atoms with Gasteiger partial charge in [-0.25, -0.2) is 9.78 Å². The summed E-state index contributed by atoms with van der Waals surface area (Å²) in [5, 5.41) is 0.699. The third-order valence-corrected chi connectivity index (χ3v) is 1.72. The summed E-state index contributed by atoms with van der Waals surface area (Å²) >= 11 is 0. The van der Waals surface area contributed by atoms with Crippen molar-refractivity contribution in [2.75, 3.05) is 7.11 Å². The highest BCUT2D eigenvalue weighted by Gasteiger charge is 2.03. The van der Waals surface area contributed by atoms with Gasteiger partial charge in [-0.1, -0.05) is 0 Å². The Kier molecular flexibility index (Phi) is 1.73. The summed E-state index contributed by atoms with van der Waals surface area (Å²) in [5.74, 6) is 0.647. The molecule has 0 aromatic carbocycles. The second kappa shape index (κ2) is 2.90. The number of rotatable bonds is 1. The van der Waals surface area contributed by atoms with E-state index < -0.39 is 5.63 Å². The van der Waals surface area contributed by atoms with Crippen LogP contribution in [0.3, 0.4) is 0 Å². The summed E-state index contributed by atoms with van der Waals surface area (Å²) in [6.45, 7) is 0. The van der Waals surface area contributed by atoms with Crippen molar-refractivity contribution in [1.29, 1.82) is 0 Å². The van der Waals surface area contributed by atoms with E-state index in [1.165, 1.54) is 12.3 Å². The molecule has 4 nitrogen and oxygen atoms in total. The molecule has 2 aromatic rings. The van der Waals surface area contributed by atoms with Crippen LogP contribution in [0.25, 0.3) is 11.1 Å². The van der Waals surface area contributed by atoms with Gasteiger partial charge in [0.15, 0.2) is 0 Å². The van der Waals surface area contributed by atoms with Crippen LogP contribution in [-0.4, -0.2) is 12.1 Å². The monoisotopic (exact) mass is 177 g/mol. The predicted molar refractivity (Wildman–Crippen MR) is 46.8 cm³/mol. The Labute approximate surface area is 73.8 Å². The average Bonchev–Trinajstić information content (AvgIpc) is 2.16. The highest BCUT2D eigenvalue weighted by Crippen LogP contribution is 2.21. The van der Waals surface area contributed by atoms with E-state index in [9.17, 15) is 4.79 Å². The summed E-state index contributed by atoms with van der Waals surface area (Å²) in [4.78, 5) is 14.7. The van der Waals surface area contributed by atoms with Gasteiger partial charge in [-0.05, 0) is 12.1 Å². The fraction of sp³-hybridized carbons (Fsp3) is 0.111. The lowest BCUT2D eigenvalue weighted by Gasteiger charge is -2.01.